The Balaban J connectivity index is 2.24. The lowest BCUT2D eigenvalue weighted by Crippen LogP contribution is -2.50. The molecule has 1 rings (SSSR count). The van der Waals surface area contributed by atoms with Gasteiger partial charge in [0.1, 0.15) is 0 Å². The molecule has 0 radical (unpaired) electrons. The largest absolute Gasteiger partial charge is 0.345 e. The van der Waals surface area contributed by atoms with E-state index in [0.29, 0.717) is 25.4 Å². The third-order valence-electron chi connectivity index (χ3n) is 3.67. The lowest BCUT2D eigenvalue weighted by Gasteiger charge is -2.37. The van der Waals surface area contributed by atoms with Gasteiger partial charge in [-0.2, -0.15) is 5.26 Å². The molecule has 5 heteroatoms. The molecule has 1 aliphatic heterocycles. The monoisotopic (exact) mass is 252 g/mol. The van der Waals surface area contributed by atoms with Gasteiger partial charge in [-0.3, -0.25) is 4.79 Å². The highest BCUT2D eigenvalue weighted by atomic mass is 16.2. The van der Waals surface area contributed by atoms with Gasteiger partial charge >= 0.3 is 0 Å². The van der Waals surface area contributed by atoms with E-state index in [1.54, 1.807) is 11.9 Å². The third kappa shape index (κ3) is 4.63. The average molecular weight is 252 g/mol. The molecule has 1 fully saturated rings. The first-order valence-electron chi connectivity index (χ1n) is 6.58. The molecule has 1 saturated heterocycles. The third-order valence-corrected chi connectivity index (χ3v) is 3.67. The molecule has 5 nitrogen and oxygen atoms in total. The molecule has 0 bridgehead atoms. The number of likely N-dealkylation sites (N-methyl/N-ethyl adjacent to an activating group) is 1. The van der Waals surface area contributed by atoms with Crippen LogP contribution in [0.5, 0.6) is 0 Å². The molecular formula is C13H24N4O. The molecule has 0 aliphatic carbocycles. The number of rotatable bonds is 5. The molecule has 0 saturated carbocycles. The number of piperazine rings is 1. The topological polar surface area (TPSA) is 50.6 Å². The van der Waals surface area contributed by atoms with Gasteiger partial charge in [0, 0.05) is 52.2 Å². The zero-order chi connectivity index (χ0) is 13.5. The average Bonchev–Trinajstić information content (AvgIpc) is 2.36. The highest BCUT2D eigenvalue weighted by Gasteiger charge is 2.21. The molecule has 1 unspecified atom stereocenters. The first kappa shape index (κ1) is 14.9. The number of carbonyl (C=O) groups is 1. The van der Waals surface area contributed by atoms with Crippen LogP contribution in [0.15, 0.2) is 0 Å². The minimum Gasteiger partial charge on any atom is -0.345 e. The maximum absolute atomic E-state index is 11.8. The van der Waals surface area contributed by atoms with Crippen molar-refractivity contribution in [2.75, 3.05) is 46.8 Å². The van der Waals surface area contributed by atoms with Crippen molar-refractivity contribution in [3.8, 4) is 6.07 Å². The summed E-state index contributed by atoms with van der Waals surface area (Å²) in [6.07, 6.45) is 0.964. The van der Waals surface area contributed by atoms with Gasteiger partial charge in [0.15, 0.2) is 0 Å². The van der Waals surface area contributed by atoms with Crippen LogP contribution in [0.4, 0.5) is 0 Å². The van der Waals surface area contributed by atoms with Crippen LogP contribution in [0.2, 0.25) is 0 Å². The molecule has 0 N–H and O–H groups in total. The van der Waals surface area contributed by atoms with Crippen molar-refractivity contribution in [2.24, 2.45) is 0 Å². The Kier molecular flexibility index (Phi) is 6.10. The fourth-order valence-electron chi connectivity index (χ4n) is 2.11. The molecule has 1 atom stereocenters. The lowest BCUT2D eigenvalue weighted by molar-refractivity contribution is -0.130. The van der Waals surface area contributed by atoms with Crippen LogP contribution >= 0.6 is 0 Å². The van der Waals surface area contributed by atoms with Gasteiger partial charge in [-0.05, 0) is 14.0 Å². The molecule has 0 spiro atoms. The SMILES string of the molecule is CC1CN(CCC(=O)N(C)CCC#N)CCN1C. The fraction of sp³-hybridized carbons (Fsp3) is 0.846. The van der Waals surface area contributed by atoms with Gasteiger partial charge in [0.05, 0.1) is 12.5 Å². The van der Waals surface area contributed by atoms with E-state index >= 15 is 0 Å². The first-order valence-corrected chi connectivity index (χ1v) is 6.58. The molecule has 0 aromatic rings. The van der Waals surface area contributed by atoms with Crippen molar-refractivity contribution >= 4 is 5.91 Å². The summed E-state index contributed by atoms with van der Waals surface area (Å²) in [5.41, 5.74) is 0. The smallest absolute Gasteiger partial charge is 0.223 e. The quantitative estimate of drug-likeness (QED) is 0.710. The van der Waals surface area contributed by atoms with Crippen LogP contribution in [-0.4, -0.2) is 73.5 Å². The van der Waals surface area contributed by atoms with Crippen molar-refractivity contribution in [3.05, 3.63) is 0 Å². The summed E-state index contributed by atoms with van der Waals surface area (Å²) in [7, 11) is 3.91. The van der Waals surface area contributed by atoms with Crippen molar-refractivity contribution in [1.82, 2.24) is 14.7 Å². The second kappa shape index (κ2) is 7.34. The van der Waals surface area contributed by atoms with E-state index in [9.17, 15) is 4.79 Å². The van der Waals surface area contributed by atoms with E-state index < -0.39 is 0 Å². The molecule has 1 heterocycles. The second-order valence-electron chi connectivity index (χ2n) is 5.10. The van der Waals surface area contributed by atoms with Crippen LogP contribution in [0, 0.1) is 11.3 Å². The zero-order valence-corrected chi connectivity index (χ0v) is 11.7. The van der Waals surface area contributed by atoms with Crippen LogP contribution in [0.3, 0.4) is 0 Å². The van der Waals surface area contributed by atoms with Crippen molar-refractivity contribution < 1.29 is 4.79 Å². The Labute approximate surface area is 110 Å². The predicted octanol–water partition coefficient (Wildman–Crippen LogP) is 0.384. The number of amides is 1. The van der Waals surface area contributed by atoms with Crippen LogP contribution in [0.1, 0.15) is 19.8 Å². The number of hydrogen-bond acceptors (Lipinski definition) is 4. The Morgan fingerprint density at radius 1 is 1.50 bits per heavy atom. The molecule has 0 aromatic carbocycles. The number of carbonyl (C=O) groups excluding carboxylic acids is 1. The van der Waals surface area contributed by atoms with Gasteiger partial charge in [-0.15, -0.1) is 0 Å². The number of nitrogens with zero attached hydrogens (tertiary/aromatic N) is 4. The van der Waals surface area contributed by atoms with E-state index in [-0.39, 0.29) is 5.91 Å². The Morgan fingerprint density at radius 3 is 2.83 bits per heavy atom. The molecule has 18 heavy (non-hydrogen) atoms. The Bertz CT molecular complexity index is 313. The number of hydrogen-bond donors (Lipinski definition) is 0. The molecule has 0 aromatic heterocycles. The van der Waals surface area contributed by atoms with Crippen LogP contribution < -0.4 is 0 Å². The standard InChI is InChI=1S/C13H24N4O/c1-12-11-17(10-9-15(12)2)8-5-13(18)16(3)7-4-6-14/h12H,4-5,7-11H2,1-3H3. The molecule has 1 amide bonds. The fourth-order valence-corrected chi connectivity index (χ4v) is 2.11. The summed E-state index contributed by atoms with van der Waals surface area (Å²) < 4.78 is 0. The van der Waals surface area contributed by atoms with E-state index in [1.165, 1.54) is 0 Å². The van der Waals surface area contributed by atoms with E-state index in [4.69, 9.17) is 5.26 Å². The lowest BCUT2D eigenvalue weighted by atomic mass is 10.2. The van der Waals surface area contributed by atoms with Gasteiger partial charge in [0.25, 0.3) is 0 Å². The maximum Gasteiger partial charge on any atom is 0.223 e. The van der Waals surface area contributed by atoms with Gasteiger partial charge in [-0.1, -0.05) is 0 Å². The van der Waals surface area contributed by atoms with E-state index in [0.717, 1.165) is 26.2 Å². The maximum atomic E-state index is 11.8. The van der Waals surface area contributed by atoms with Crippen molar-refractivity contribution in [2.45, 2.75) is 25.8 Å². The van der Waals surface area contributed by atoms with E-state index in [2.05, 4.69) is 29.8 Å². The Morgan fingerprint density at radius 2 is 2.22 bits per heavy atom. The zero-order valence-electron chi connectivity index (χ0n) is 11.7. The first-order chi connectivity index (χ1) is 8.54. The summed E-state index contributed by atoms with van der Waals surface area (Å²) in [5.74, 6) is 0.136. The highest BCUT2D eigenvalue weighted by Crippen LogP contribution is 2.07. The predicted molar refractivity (Wildman–Crippen MR) is 71.0 cm³/mol. The van der Waals surface area contributed by atoms with Gasteiger partial charge < -0.3 is 14.7 Å². The van der Waals surface area contributed by atoms with Crippen molar-refractivity contribution in [3.63, 3.8) is 0 Å². The molecular weight excluding hydrogens is 228 g/mol. The summed E-state index contributed by atoms with van der Waals surface area (Å²) in [6.45, 7) is 6.72. The van der Waals surface area contributed by atoms with Crippen LogP contribution in [-0.2, 0) is 4.79 Å². The summed E-state index contributed by atoms with van der Waals surface area (Å²) in [5, 5.41) is 8.48. The van der Waals surface area contributed by atoms with Crippen LogP contribution in [0.25, 0.3) is 0 Å². The van der Waals surface area contributed by atoms with Gasteiger partial charge in [-0.25, -0.2) is 0 Å². The Hall–Kier alpha value is -1.12. The minimum absolute atomic E-state index is 0.136. The molecule has 102 valence electrons. The van der Waals surface area contributed by atoms with E-state index in [1.807, 2.05) is 0 Å². The minimum atomic E-state index is 0.136. The summed E-state index contributed by atoms with van der Waals surface area (Å²) in [4.78, 5) is 18.2. The second-order valence-corrected chi connectivity index (χ2v) is 5.10. The highest BCUT2D eigenvalue weighted by molar-refractivity contribution is 5.76. The normalized spacial score (nSPS) is 21.6. The molecule has 1 aliphatic rings. The van der Waals surface area contributed by atoms with Gasteiger partial charge in [0.2, 0.25) is 5.91 Å². The number of nitriles is 1. The summed E-state index contributed by atoms with van der Waals surface area (Å²) in [6, 6.07) is 2.62. The van der Waals surface area contributed by atoms with Crippen molar-refractivity contribution in [1.29, 1.82) is 5.26 Å². The summed E-state index contributed by atoms with van der Waals surface area (Å²) >= 11 is 0.